The highest BCUT2D eigenvalue weighted by Gasteiger charge is 2.19. The number of benzene rings is 2. The quantitative estimate of drug-likeness (QED) is 0.570. The first-order chi connectivity index (χ1) is 10.5. The van der Waals surface area contributed by atoms with E-state index in [4.69, 9.17) is 0 Å². The third-order valence-electron chi connectivity index (χ3n) is 5.66. The third-order valence-corrected chi connectivity index (χ3v) is 5.66. The topological polar surface area (TPSA) is 0 Å². The molecular formula is C22H30. The Morgan fingerprint density at radius 1 is 0.773 bits per heavy atom. The molecule has 1 aliphatic carbocycles. The zero-order valence-corrected chi connectivity index (χ0v) is 14.4. The van der Waals surface area contributed by atoms with E-state index in [1.165, 1.54) is 59.1 Å². The molecular weight excluding hydrogens is 264 g/mol. The molecule has 0 amide bonds. The number of hydrogen-bond acceptors (Lipinski definition) is 0. The van der Waals surface area contributed by atoms with Crippen LogP contribution in [0.4, 0.5) is 0 Å². The fraction of sp³-hybridized carbons (Fsp3) is 0.455. The summed E-state index contributed by atoms with van der Waals surface area (Å²) in [5, 5.41) is 0. The molecule has 0 nitrogen and oxygen atoms in total. The second-order valence-electron chi connectivity index (χ2n) is 7.31. The molecule has 3 rings (SSSR count). The van der Waals surface area contributed by atoms with Crippen molar-refractivity contribution in [1.82, 2.24) is 0 Å². The van der Waals surface area contributed by atoms with Crippen molar-refractivity contribution >= 4 is 0 Å². The Kier molecular flexibility index (Phi) is 4.38. The van der Waals surface area contributed by atoms with Crippen molar-refractivity contribution in [2.75, 3.05) is 0 Å². The van der Waals surface area contributed by atoms with E-state index in [2.05, 4.69) is 64.1 Å². The van der Waals surface area contributed by atoms with E-state index in [0.717, 1.165) is 11.8 Å². The minimum absolute atomic E-state index is 0. The monoisotopic (exact) mass is 294 g/mol. The maximum absolute atomic E-state index is 2.39. The van der Waals surface area contributed by atoms with Crippen molar-refractivity contribution in [3.8, 4) is 11.1 Å². The smallest absolute Gasteiger partial charge is 0 e. The average Bonchev–Trinajstić information content (AvgIpc) is 2.53. The van der Waals surface area contributed by atoms with E-state index in [0.29, 0.717) is 0 Å². The number of rotatable bonds is 2. The second kappa shape index (κ2) is 6.28. The highest BCUT2D eigenvalue weighted by atomic mass is 14.2. The van der Waals surface area contributed by atoms with Crippen LogP contribution in [0.1, 0.15) is 62.2 Å². The van der Waals surface area contributed by atoms with Gasteiger partial charge in [-0.1, -0.05) is 56.2 Å². The molecule has 0 heterocycles. The Hall–Kier alpha value is -1.56. The lowest BCUT2D eigenvalue weighted by molar-refractivity contribution is 0.348. The van der Waals surface area contributed by atoms with Crippen molar-refractivity contribution in [2.45, 2.75) is 59.3 Å². The second-order valence-corrected chi connectivity index (χ2v) is 7.31. The molecule has 0 saturated heterocycles. The molecule has 1 fully saturated rings. The van der Waals surface area contributed by atoms with Crippen molar-refractivity contribution in [1.29, 1.82) is 0 Å². The van der Waals surface area contributed by atoms with Crippen LogP contribution in [0.25, 0.3) is 11.1 Å². The SMILES string of the molecule is Cc1cc(-c2ccc(C3CCC(C)CC3)cc2)cc(C)c1C.[HH]. The zero-order valence-electron chi connectivity index (χ0n) is 14.4. The minimum Gasteiger partial charge on any atom is -0.0625 e. The van der Waals surface area contributed by atoms with Crippen LogP contribution in [0.15, 0.2) is 36.4 Å². The summed E-state index contributed by atoms with van der Waals surface area (Å²) in [4.78, 5) is 0. The van der Waals surface area contributed by atoms with Gasteiger partial charge in [-0.05, 0) is 78.8 Å². The average molecular weight is 294 g/mol. The number of hydrogen-bond donors (Lipinski definition) is 0. The van der Waals surface area contributed by atoms with E-state index in [1.54, 1.807) is 0 Å². The van der Waals surface area contributed by atoms with Crippen LogP contribution < -0.4 is 0 Å². The molecule has 0 atom stereocenters. The lowest BCUT2D eigenvalue weighted by Crippen LogP contribution is -2.10. The standard InChI is InChI=1S/C22H28.H2/c1-15-5-7-19(8-6-15)20-9-11-21(12-10-20)22-13-16(2)18(4)17(3)14-22;/h9-15,19H,5-8H2,1-4H3;1H. The summed E-state index contributed by atoms with van der Waals surface area (Å²) in [5.41, 5.74) is 8.43. The first kappa shape index (κ1) is 15.3. The third kappa shape index (κ3) is 3.11. The van der Waals surface area contributed by atoms with E-state index in [1.807, 2.05) is 0 Å². The van der Waals surface area contributed by atoms with Gasteiger partial charge in [0.1, 0.15) is 0 Å². The van der Waals surface area contributed by atoms with Crippen molar-refractivity contribution in [3.63, 3.8) is 0 Å². The molecule has 2 aromatic rings. The largest absolute Gasteiger partial charge is 0.0625 e. The summed E-state index contributed by atoms with van der Waals surface area (Å²) in [6.45, 7) is 9.02. The molecule has 0 aromatic heterocycles. The predicted octanol–water partition coefficient (Wildman–Crippen LogP) is 6.82. The minimum atomic E-state index is 0. The number of aryl methyl sites for hydroxylation is 2. The molecule has 1 aliphatic rings. The molecule has 118 valence electrons. The summed E-state index contributed by atoms with van der Waals surface area (Å²) in [7, 11) is 0. The predicted molar refractivity (Wildman–Crippen MR) is 98.6 cm³/mol. The normalized spacial score (nSPS) is 21.8. The Bertz CT molecular complexity index is 623. The van der Waals surface area contributed by atoms with Crippen molar-refractivity contribution < 1.29 is 1.43 Å². The van der Waals surface area contributed by atoms with Crippen molar-refractivity contribution in [2.24, 2.45) is 5.92 Å². The van der Waals surface area contributed by atoms with Crippen LogP contribution in [0.5, 0.6) is 0 Å². The maximum atomic E-state index is 2.39. The van der Waals surface area contributed by atoms with Crippen molar-refractivity contribution in [3.05, 3.63) is 58.7 Å². The summed E-state index contributed by atoms with van der Waals surface area (Å²) < 4.78 is 0. The Morgan fingerprint density at radius 2 is 1.32 bits per heavy atom. The van der Waals surface area contributed by atoms with Gasteiger partial charge in [0.2, 0.25) is 0 Å². The van der Waals surface area contributed by atoms with E-state index >= 15 is 0 Å². The maximum Gasteiger partial charge on any atom is 0 e. The van der Waals surface area contributed by atoms with E-state index in [9.17, 15) is 0 Å². The lowest BCUT2D eigenvalue weighted by Gasteiger charge is -2.26. The highest BCUT2D eigenvalue weighted by molar-refractivity contribution is 5.66. The van der Waals surface area contributed by atoms with Gasteiger partial charge in [0, 0.05) is 1.43 Å². The molecule has 2 aromatic carbocycles. The molecule has 1 saturated carbocycles. The van der Waals surface area contributed by atoms with Crippen LogP contribution in [-0.4, -0.2) is 0 Å². The van der Waals surface area contributed by atoms with Crippen LogP contribution in [-0.2, 0) is 0 Å². The Labute approximate surface area is 137 Å². The molecule has 22 heavy (non-hydrogen) atoms. The van der Waals surface area contributed by atoms with E-state index < -0.39 is 0 Å². The van der Waals surface area contributed by atoms with Crippen LogP contribution in [0, 0.1) is 26.7 Å². The van der Waals surface area contributed by atoms with Gasteiger partial charge in [0.05, 0.1) is 0 Å². The zero-order chi connectivity index (χ0) is 15.7. The summed E-state index contributed by atoms with van der Waals surface area (Å²) in [5.74, 6) is 1.71. The van der Waals surface area contributed by atoms with Crippen LogP contribution >= 0.6 is 0 Å². The van der Waals surface area contributed by atoms with Gasteiger partial charge >= 0.3 is 0 Å². The molecule has 0 bridgehead atoms. The first-order valence-electron chi connectivity index (χ1n) is 8.73. The van der Waals surface area contributed by atoms with Gasteiger partial charge in [0.25, 0.3) is 0 Å². The van der Waals surface area contributed by atoms with Gasteiger partial charge < -0.3 is 0 Å². The molecule has 0 N–H and O–H groups in total. The van der Waals surface area contributed by atoms with Gasteiger partial charge in [-0.2, -0.15) is 0 Å². The lowest BCUT2D eigenvalue weighted by atomic mass is 9.79. The Morgan fingerprint density at radius 3 is 1.86 bits per heavy atom. The molecule has 0 unspecified atom stereocenters. The first-order valence-corrected chi connectivity index (χ1v) is 8.73. The van der Waals surface area contributed by atoms with Gasteiger partial charge in [-0.25, -0.2) is 0 Å². The molecule has 0 spiro atoms. The van der Waals surface area contributed by atoms with E-state index in [-0.39, 0.29) is 1.43 Å². The van der Waals surface area contributed by atoms with Gasteiger partial charge in [0.15, 0.2) is 0 Å². The molecule has 0 aliphatic heterocycles. The summed E-state index contributed by atoms with van der Waals surface area (Å²) >= 11 is 0. The van der Waals surface area contributed by atoms with Gasteiger partial charge in [-0.3, -0.25) is 0 Å². The fourth-order valence-electron chi connectivity index (χ4n) is 3.74. The molecule has 0 radical (unpaired) electrons. The van der Waals surface area contributed by atoms with Gasteiger partial charge in [-0.15, -0.1) is 0 Å². The van der Waals surface area contributed by atoms with Crippen LogP contribution in [0.2, 0.25) is 0 Å². The molecule has 0 heteroatoms. The van der Waals surface area contributed by atoms with Crippen LogP contribution in [0.3, 0.4) is 0 Å². The Balaban J connectivity index is 0.00000192. The fourth-order valence-corrected chi connectivity index (χ4v) is 3.74. The summed E-state index contributed by atoms with van der Waals surface area (Å²) in [6, 6.07) is 14.0. The highest BCUT2D eigenvalue weighted by Crippen LogP contribution is 2.36. The summed E-state index contributed by atoms with van der Waals surface area (Å²) in [6.07, 6.45) is 5.51.